The van der Waals surface area contributed by atoms with Gasteiger partial charge >= 0.3 is 0 Å². The van der Waals surface area contributed by atoms with Crippen molar-refractivity contribution in [1.82, 2.24) is 48.2 Å². The second-order valence-corrected chi connectivity index (χ2v) is 34.2. The van der Waals surface area contributed by atoms with E-state index < -0.39 is 0 Å². The minimum Gasteiger partial charge on any atom is -0.309 e. The zero-order valence-corrected chi connectivity index (χ0v) is 73.0. The van der Waals surface area contributed by atoms with Gasteiger partial charge in [-0.2, -0.15) is 15.8 Å². The van der Waals surface area contributed by atoms with Gasteiger partial charge in [0, 0.05) is 87.8 Å². The fourth-order valence-corrected chi connectivity index (χ4v) is 20.1. The van der Waals surface area contributed by atoms with Gasteiger partial charge in [0.2, 0.25) is 0 Å². The number of nitrogens with zero attached hydrogens (tertiary/aromatic N) is 13. The summed E-state index contributed by atoms with van der Waals surface area (Å²) in [6, 6.07) is 161. The standard InChI is InChI=1S/C123H73N13/c124-74-77-28-27-39-82(64-77)92-70-101(117-100-47-24-26-49-108(100)136(116(117)73-92)113-60-53-84(85-50-57-98-97-46-23-25-48-107(97)133(114(98)71-85)93-40-15-5-16-41-93)66-106(113)123-131-120(80-33-11-3-12-34-80)128-121(132-123)81-35-13-4-14-36-81)89-56-61-109-102(69-89)99-58-51-86(72-115(99)134(109)94-42-17-6-18-43-94)83-52-59-112(105(65-83)122-129-118(78-29-7-1-8-30-78)127-119(130-122)79-31-9-2-10-32-79)135-110-62-54-87(95-44-21-19-37-90(95)75-125)67-103(110)104-68-88(55-63-111(104)135)96-45-22-20-38-91(96)76-126/h1-73H. The number of para-hydroxylation sites is 4. The van der Waals surface area contributed by atoms with Crippen LogP contribution in [0.25, 0.3) is 245 Å². The predicted octanol–water partition coefficient (Wildman–Crippen LogP) is 30.1. The molecule has 25 aromatic rings. The van der Waals surface area contributed by atoms with Crippen molar-refractivity contribution in [1.29, 1.82) is 15.8 Å². The van der Waals surface area contributed by atoms with E-state index in [9.17, 15) is 15.8 Å². The summed E-state index contributed by atoms with van der Waals surface area (Å²) in [5, 5.41) is 40.2. The first kappa shape index (κ1) is 79.1. The molecule has 0 saturated carbocycles. The van der Waals surface area contributed by atoms with Crippen molar-refractivity contribution in [3.05, 3.63) is 460 Å². The molecule has 6 heterocycles. The van der Waals surface area contributed by atoms with E-state index in [1.807, 2.05) is 164 Å². The normalized spacial score (nSPS) is 11.5. The maximum absolute atomic E-state index is 10.7. The van der Waals surface area contributed by atoms with Crippen LogP contribution in [0.1, 0.15) is 16.7 Å². The average Bonchev–Trinajstić information content (AvgIpc) is 1.55. The predicted molar refractivity (Wildman–Crippen MR) is 550 cm³/mol. The number of rotatable bonds is 16. The summed E-state index contributed by atoms with van der Waals surface area (Å²) >= 11 is 0. The molecule has 0 aliphatic heterocycles. The first-order chi connectivity index (χ1) is 67.3. The molecular formula is C123H73N13. The SMILES string of the molecule is N#Cc1cccc(-c2cc(-c3ccc4c(c3)c3ccc(-c5ccc(-n6c7ccc(-c8ccccc8C#N)cc7c7cc(-c8ccccc8C#N)ccc76)c(-c6nc(-c7ccccc7)nc(-c7ccccc7)n6)c5)cc3n4-c3ccccc3)c3c4ccccc4n(-c4ccc(-c5ccc6c7ccccc7n(-c7ccccc7)c6c5)cc4-c4nc(-c5ccccc5)nc(-c5ccccc5)n4)c3c2)c1. The molecule has 0 N–H and O–H groups in total. The molecule has 0 aliphatic rings. The Labute approximate surface area is 781 Å². The lowest BCUT2D eigenvalue weighted by Crippen LogP contribution is -2.04. The molecule has 136 heavy (non-hydrogen) atoms. The molecule has 0 saturated heterocycles. The summed E-state index contributed by atoms with van der Waals surface area (Å²) in [6.45, 7) is 0. The summed E-state index contributed by atoms with van der Waals surface area (Å²) in [5.41, 5.74) is 29.4. The minimum absolute atomic E-state index is 0.467. The van der Waals surface area contributed by atoms with Crippen molar-refractivity contribution >= 4 is 87.2 Å². The molecule has 25 rings (SSSR count). The van der Waals surface area contributed by atoms with Gasteiger partial charge in [-0.3, -0.25) is 0 Å². The molecule has 0 unspecified atom stereocenters. The Kier molecular flexibility index (Phi) is 19.1. The summed E-state index contributed by atoms with van der Waals surface area (Å²) in [6.07, 6.45) is 0. The summed E-state index contributed by atoms with van der Waals surface area (Å²) in [5.74, 6) is 3.08. The van der Waals surface area contributed by atoms with Crippen LogP contribution in [0, 0.1) is 34.0 Å². The smallest absolute Gasteiger partial charge is 0.166 e. The Morgan fingerprint density at radius 3 is 0.949 bits per heavy atom. The van der Waals surface area contributed by atoms with E-state index in [-0.39, 0.29) is 0 Å². The van der Waals surface area contributed by atoms with Crippen LogP contribution in [0.5, 0.6) is 0 Å². The number of hydrogen-bond acceptors (Lipinski definition) is 9. The maximum atomic E-state index is 10.7. The zero-order chi connectivity index (χ0) is 90.4. The third-order valence-corrected chi connectivity index (χ3v) is 26.4. The Hall–Kier alpha value is -19.1. The molecule has 0 spiro atoms. The maximum Gasteiger partial charge on any atom is 0.166 e. The molecular weight excluding hydrogens is 1660 g/mol. The molecule has 13 heteroatoms. The van der Waals surface area contributed by atoms with E-state index in [2.05, 4.69) is 316 Å². The summed E-state index contributed by atoms with van der Waals surface area (Å²) < 4.78 is 9.45. The topological polar surface area (TPSA) is 168 Å². The summed E-state index contributed by atoms with van der Waals surface area (Å²) in [4.78, 5) is 32.6. The third kappa shape index (κ3) is 13.5. The largest absolute Gasteiger partial charge is 0.309 e. The lowest BCUT2D eigenvalue weighted by molar-refractivity contribution is 1.06. The van der Waals surface area contributed by atoms with Crippen molar-refractivity contribution in [2.24, 2.45) is 0 Å². The molecule has 0 aliphatic carbocycles. The van der Waals surface area contributed by atoms with Crippen LogP contribution < -0.4 is 0 Å². The van der Waals surface area contributed by atoms with Gasteiger partial charge in [-0.15, -0.1) is 0 Å². The van der Waals surface area contributed by atoms with Crippen LogP contribution >= 0.6 is 0 Å². The number of fused-ring (bicyclic) bond motifs is 12. The van der Waals surface area contributed by atoms with Crippen molar-refractivity contribution in [3.63, 3.8) is 0 Å². The molecule has 0 amide bonds. The number of hydrogen-bond donors (Lipinski definition) is 0. The molecule has 0 radical (unpaired) electrons. The van der Waals surface area contributed by atoms with Crippen LogP contribution in [0.4, 0.5) is 0 Å². The van der Waals surface area contributed by atoms with Gasteiger partial charge < -0.3 is 18.3 Å². The highest BCUT2D eigenvalue weighted by Gasteiger charge is 2.29. The fraction of sp³-hybridized carbons (Fsp3) is 0. The molecule has 0 bridgehead atoms. The number of aromatic nitrogens is 10. The summed E-state index contributed by atoms with van der Waals surface area (Å²) in [7, 11) is 0. The fourth-order valence-electron chi connectivity index (χ4n) is 20.1. The molecule has 6 aromatic heterocycles. The van der Waals surface area contributed by atoms with Crippen LogP contribution in [0.15, 0.2) is 443 Å². The van der Waals surface area contributed by atoms with Crippen molar-refractivity contribution in [3.8, 4) is 176 Å². The van der Waals surface area contributed by atoms with E-state index in [0.29, 0.717) is 51.6 Å². The second kappa shape index (κ2) is 32.8. The van der Waals surface area contributed by atoms with Gasteiger partial charge in [-0.25, -0.2) is 29.9 Å². The van der Waals surface area contributed by atoms with E-state index in [4.69, 9.17) is 29.9 Å². The Morgan fingerprint density at radius 1 is 0.169 bits per heavy atom. The van der Waals surface area contributed by atoms with Gasteiger partial charge in [0.05, 0.1) is 90.4 Å². The van der Waals surface area contributed by atoms with Gasteiger partial charge in [-0.1, -0.05) is 297 Å². The monoisotopic (exact) mass is 1730 g/mol. The third-order valence-electron chi connectivity index (χ3n) is 26.4. The quantitative estimate of drug-likeness (QED) is 0.0914. The Bertz CT molecular complexity index is 9090. The van der Waals surface area contributed by atoms with Gasteiger partial charge in [0.1, 0.15) is 0 Å². The molecule has 630 valence electrons. The minimum atomic E-state index is 0.467. The van der Waals surface area contributed by atoms with Crippen molar-refractivity contribution < 1.29 is 0 Å². The van der Waals surface area contributed by atoms with Crippen molar-refractivity contribution in [2.75, 3.05) is 0 Å². The van der Waals surface area contributed by atoms with Crippen molar-refractivity contribution in [2.45, 2.75) is 0 Å². The van der Waals surface area contributed by atoms with Crippen LogP contribution in [-0.2, 0) is 0 Å². The first-order valence-corrected chi connectivity index (χ1v) is 45.2. The molecule has 0 fully saturated rings. The highest BCUT2D eigenvalue weighted by atomic mass is 15.1. The molecule has 19 aromatic carbocycles. The zero-order valence-electron chi connectivity index (χ0n) is 73.0. The van der Waals surface area contributed by atoms with Crippen LogP contribution in [-0.4, -0.2) is 48.2 Å². The molecule has 0 atom stereocenters. The van der Waals surface area contributed by atoms with Gasteiger partial charge in [-0.05, 0) is 212 Å². The Morgan fingerprint density at radius 2 is 0.485 bits per heavy atom. The van der Waals surface area contributed by atoms with Gasteiger partial charge in [0.25, 0.3) is 0 Å². The number of nitriles is 3. The molecule has 13 nitrogen and oxygen atoms in total. The first-order valence-electron chi connectivity index (χ1n) is 45.2. The van der Waals surface area contributed by atoms with Crippen LogP contribution in [0.3, 0.4) is 0 Å². The van der Waals surface area contributed by atoms with E-state index in [1.54, 1.807) is 0 Å². The second-order valence-electron chi connectivity index (χ2n) is 34.2. The Balaban J connectivity index is 0.705. The highest BCUT2D eigenvalue weighted by molar-refractivity contribution is 6.20. The van der Waals surface area contributed by atoms with Crippen LogP contribution in [0.2, 0.25) is 0 Å². The lowest BCUT2D eigenvalue weighted by atomic mass is 9.93. The van der Waals surface area contributed by atoms with E-state index in [0.717, 1.165) is 205 Å². The average molecular weight is 1730 g/mol. The van der Waals surface area contributed by atoms with E-state index in [1.165, 1.54) is 5.39 Å². The van der Waals surface area contributed by atoms with E-state index >= 15 is 0 Å². The van der Waals surface area contributed by atoms with Gasteiger partial charge in [0.15, 0.2) is 34.9 Å². The lowest BCUT2D eigenvalue weighted by Gasteiger charge is -2.17. The number of benzene rings is 19. The highest BCUT2D eigenvalue weighted by Crippen LogP contribution is 2.49.